The van der Waals surface area contributed by atoms with Gasteiger partial charge < -0.3 is 4.74 Å². The van der Waals surface area contributed by atoms with Crippen molar-refractivity contribution in [2.75, 3.05) is 7.11 Å². The van der Waals surface area contributed by atoms with Gasteiger partial charge in [-0.15, -0.1) is 0 Å². The fourth-order valence-electron chi connectivity index (χ4n) is 2.54. The van der Waals surface area contributed by atoms with Crippen LogP contribution >= 0.6 is 0 Å². The van der Waals surface area contributed by atoms with E-state index in [-0.39, 0.29) is 4.90 Å². The Morgan fingerprint density at radius 2 is 1.84 bits per heavy atom. The lowest BCUT2D eigenvalue weighted by molar-refractivity contribution is -0.114. The first-order chi connectivity index (χ1) is 11.9. The molecule has 0 saturated heterocycles. The molecule has 6 heteroatoms. The molecule has 0 saturated carbocycles. The number of carbonyl (C=O) groups excluding carboxylic acids is 1. The summed E-state index contributed by atoms with van der Waals surface area (Å²) in [7, 11) is -2.32. The Labute approximate surface area is 148 Å². The maximum Gasteiger partial charge on any atom is 0.264 e. The summed E-state index contributed by atoms with van der Waals surface area (Å²) in [5, 5.41) is 0. The van der Waals surface area contributed by atoms with Gasteiger partial charge in [0.15, 0.2) is 0 Å². The van der Waals surface area contributed by atoms with Crippen LogP contribution in [-0.4, -0.2) is 21.4 Å². The van der Waals surface area contributed by atoms with Crippen LogP contribution in [0.25, 0.3) is 0 Å². The molecule has 0 radical (unpaired) electrons. The van der Waals surface area contributed by atoms with E-state index < -0.39 is 15.9 Å². The Bertz CT molecular complexity index is 871. The molecular formula is C19H21NO4S. The number of amides is 1. The van der Waals surface area contributed by atoms with Crippen molar-refractivity contribution in [1.29, 1.82) is 0 Å². The second-order valence-electron chi connectivity index (χ2n) is 5.57. The van der Waals surface area contributed by atoms with Crippen molar-refractivity contribution in [2.45, 2.75) is 24.7 Å². The van der Waals surface area contributed by atoms with Crippen LogP contribution in [0.1, 0.15) is 16.7 Å². The third-order valence-corrected chi connectivity index (χ3v) is 5.33. The van der Waals surface area contributed by atoms with Crippen molar-refractivity contribution in [3.63, 3.8) is 0 Å². The van der Waals surface area contributed by atoms with Gasteiger partial charge in [0.25, 0.3) is 15.9 Å². The molecule has 0 aliphatic carbocycles. The number of aryl methyl sites for hydroxylation is 2. The molecule has 0 aliphatic rings. The lowest BCUT2D eigenvalue weighted by Gasteiger charge is -2.13. The summed E-state index contributed by atoms with van der Waals surface area (Å²) < 4.78 is 32.1. The molecule has 0 bridgehead atoms. The highest BCUT2D eigenvalue weighted by atomic mass is 32.2. The summed E-state index contributed by atoms with van der Waals surface area (Å²) in [6.07, 6.45) is 2.15. The van der Waals surface area contributed by atoms with E-state index in [1.165, 1.54) is 6.07 Å². The largest absolute Gasteiger partial charge is 0.497 e. The molecule has 0 aliphatic heterocycles. The van der Waals surface area contributed by atoms with Crippen molar-refractivity contribution in [3.05, 3.63) is 71.8 Å². The minimum atomic E-state index is -3.93. The van der Waals surface area contributed by atoms with Crippen LogP contribution in [0.3, 0.4) is 0 Å². The predicted molar refractivity (Wildman–Crippen MR) is 97.1 cm³/mol. The normalized spacial score (nSPS) is 11.0. The molecule has 2 aromatic rings. The van der Waals surface area contributed by atoms with E-state index in [1.807, 2.05) is 42.0 Å². The SMILES string of the molecule is C=CC(=O)NS(=O)(=O)c1cccc(C)c1CCc1ccc(OC)cc1. The molecule has 25 heavy (non-hydrogen) atoms. The van der Waals surface area contributed by atoms with Gasteiger partial charge in [0.1, 0.15) is 5.75 Å². The standard InChI is InChI=1S/C19H21NO4S/c1-4-19(21)20-25(22,23)18-7-5-6-14(2)17(18)13-10-15-8-11-16(24-3)12-9-15/h4-9,11-12H,1,10,13H2,2-3H3,(H,20,21). The number of sulfonamides is 1. The first-order valence-electron chi connectivity index (χ1n) is 7.78. The fraction of sp³-hybridized carbons (Fsp3) is 0.211. The van der Waals surface area contributed by atoms with Crippen molar-refractivity contribution in [2.24, 2.45) is 0 Å². The monoisotopic (exact) mass is 359 g/mol. The van der Waals surface area contributed by atoms with Crippen LogP contribution < -0.4 is 9.46 Å². The maximum absolute atomic E-state index is 12.5. The second-order valence-corrected chi connectivity index (χ2v) is 7.22. The molecule has 2 aromatic carbocycles. The van der Waals surface area contributed by atoms with Crippen LogP contribution in [0.5, 0.6) is 5.75 Å². The molecule has 1 N–H and O–H groups in total. The number of hydrogen-bond donors (Lipinski definition) is 1. The predicted octanol–water partition coefficient (Wildman–Crippen LogP) is 2.78. The van der Waals surface area contributed by atoms with Gasteiger partial charge >= 0.3 is 0 Å². The van der Waals surface area contributed by atoms with Crippen LogP contribution in [0, 0.1) is 6.92 Å². The number of rotatable bonds is 7. The molecule has 0 unspecified atom stereocenters. The zero-order valence-electron chi connectivity index (χ0n) is 14.3. The van der Waals surface area contributed by atoms with Gasteiger partial charge in [0, 0.05) is 0 Å². The molecule has 2 rings (SSSR count). The van der Waals surface area contributed by atoms with Gasteiger partial charge in [-0.3, -0.25) is 4.79 Å². The van der Waals surface area contributed by atoms with Gasteiger partial charge in [-0.1, -0.05) is 30.8 Å². The van der Waals surface area contributed by atoms with E-state index in [0.717, 1.165) is 23.0 Å². The van der Waals surface area contributed by atoms with Crippen molar-refractivity contribution < 1.29 is 17.9 Å². The lowest BCUT2D eigenvalue weighted by atomic mass is 10.0. The Kier molecular flexibility index (Phi) is 5.98. The lowest BCUT2D eigenvalue weighted by Crippen LogP contribution is -2.29. The van der Waals surface area contributed by atoms with E-state index in [1.54, 1.807) is 13.2 Å². The molecule has 1 amide bonds. The van der Waals surface area contributed by atoms with E-state index >= 15 is 0 Å². The average Bonchev–Trinajstić information content (AvgIpc) is 2.60. The Balaban J connectivity index is 2.28. The quantitative estimate of drug-likeness (QED) is 0.772. The number of ether oxygens (including phenoxy) is 1. The summed E-state index contributed by atoms with van der Waals surface area (Å²) in [6, 6.07) is 12.7. The summed E-state index contributed by atoms with van der Waals surface area (Å²) >= 11 is 0. The fourth-order valence-corrected chi connectivity index (χ4v) is 3.84. The van der Waals surface area contributed by atoms with E-state index in [9.17, 15) is 13.2 Å². The Morgan fingerprint density at radius 1 is 1.16 bits per heavy atom. The van der Waals surface area contributed by atoms with Gasteiger partial charge in [0.2, 0.25) is 0 Å². The van der Waals surface area contributed by atoms with E-state index in [2.05, 4.69) is 6.58 Å². The van der Waals surface area contributed by atoms with Crippen molar-refractivity contribution in [1.82, 2.24) is 4.72 Å². The summed E-state index contributed by atoms with van der Waals surface area (Å²) in [5.41, 5.74) is 2.63. The summed E-state index contributed by atoms with van der Waals surface area (Å²) in [4.78, 5) is 11.5. The van der Waals surface area contributed by atoms with Gasteiger partial charge in [-0.2, -0.15) is 0 Å². The first-order valence-corrected chi connectivity index (χ1v) is 9.26. The smallest absolute Gasteiger partial charge is 0.264 e. The van der Waals surface area contributed by atoms with E-state index in [0.29, 0.717) is 18.4 Å². The number of methoxy groups -OCH3 is 1. The van der Waals surface area contributed by atoms with Gasteiger partial charge in [-0.25, -0.2) is 13.1 Å². The minimum absolute atomic E-state index is 0.121. The van der Waals surface area contributed by atoms with E-state index in [4.69, 9.17) is 4.74 Å². The molecule has 0 spiro atoms. The molecule has 0 fully saturated rings. The van der Waals surface area contributed by atoms with Crippen LogP contribution in [-0.2, 0) is 27.7 Å². The molecule has 5 nitrogen and oxygen atoms in total. The topological polar surface area (TPSA) is 72.5 Å². The first kappa shape index (κ1) is 18.7. The molecule has 0 heterocycles. The molecule has 132 valence electrons. The third kappa shape index (κ3) is 4.70. The second kappa shape index (κ2) is 7.98. The zero-order valence-corrected chi connectivity index (χ0v) is 15.1. The molecule has 0 atom stereocenters. The number of carbonyl (C=O) groups is 1. The van der Waals surface area contributed by atoms with Crippen molar-refractivity contribution in [3.8, 4) is 5.75 Å². The minimum Gasteiger partial charge on any atom is -0.497 e. The Hall–Kier alpha value is -2.60. The summed E-state index contributed by atoms with van der Waals surface area (Å²) in [6.45, 7) is 5.14. The molecule has 0 aromatic heterocycles. The Morgan fingerprint density at radius 3 is 2.44 bits per heavy atom. The van der Waals surface area contributed by atoms with Crippen LogP contribution in [0.2, 0.25) is 0 Å². The van der Waals surface area contributed by atoms with Gasteiger partial charge in [0.05, 0.1) is 12.0 Å². The average molecular weight is 359 g/mol. The number of nitrogens with one attached hydrogen (secondary N) is 1. The molecular weight excluding hydrogens is 338 g/mol. The van der Waals surface area contributed by atoms with Crippen molar-refractivity contribution >= 4 is 15.9 Å². The van der Waals surface area contributed by atoms with Crippen LogP contribution in [0.4, 0.5) is 0 Å². The van der Waals surface area contributed by atoms with Crippen LogP contribution in [0.15, 0.2) is 60.0 Å². The number of hydrogen-bond acceptors (Lipinski definition) is 4. The number of benzene rings is 2. The highest BCUT2D eigenvalue weighted by Gasteiger charge is 2.21. The zero-order chi connectivity index (χ0) is 18.4. The third-order valence-electron chi connectivity index (χ3n) is 3.90. The highest BCUT2D eigenvalue weighted by molar-refractivity contribution is 7.90. The highest BCUT2D eigenvalue weighted by Crippen LogP contribution is 2.22. The maximum atomic E-state index is 12.5. The van der Waals surface area contributed by atoms with Gasteiger partial charge in [-0.05, 0) is 60.7 Å². The summed E-state index contributed by atoms with van der Waals surface area (Å²) in [5.74, 6) is 0.0256.